The second-order valence-electron chi connectivity index (χ2n) is 6.59. The molecule has 0 unspecified atom stereocenters. The molecule has 0 spiro atoms. The van der Waals surface area contributed by atoms with Crippen molar-refractivity contribution in [2.24, 2.45) is 0 Å². The first-order chi connectivity index (χ1) is 9.73. The summed E-state index contributed by atoms with van der Waals surface area (Å²) < 4.78 is 26.7. The van der Waals surface area contributed by atoms with Gasteiger partial charge in [-0.3, -0.25) is 0 Å². The fraction of sp³-hybridized carbons (Fsp3) is 0.647. The Hall–Kier alpha value is -1.32. The minimum absolute atomic E-state index is 0.114. The van der Waals surface area contributed by atoms with Gasteiger partial charge in [0.25, 0.3) is 5.92 Å². The summed E-state index contributed by atoms with van der Waals surface area (Å²) in [7, 11) is 0. The van der Waals surface area contributed by atoms with Crippen LogP contribution >= 0.6 is 0 Å². The smallest absolute Gasteiger partial charge is 0.251 e. The lowest BCUT2D eigenvalue weighted by Crippen LogP contribution is -2.39. The number of hydrogen-bond donors (Lipinski definition) is 1. The molecular formula is C17H25F2NO. The number of benzene rings is 1. The number of nitrogens with zero attached hydrogens (tertiary/aromatic N) is 1. The maximum absolute atomic E-state index is 13.3. The van der Waals surface area contributed by atoms with Gasteiger partial charge in [-0.15, -0.1) is 0 Å². The predicted molar refractivity (Wildman–Crippen MR) is 82.7 cm³/mol. The van der Waals surface area contributed by atoms with Crippen LogP contribution in [0.3, 0.4) is 0 Å². The number of anilines is 1. The summed E-state index contributed by atoms with van der Waals surface area (Å²) in [5.41, 5.74) is 2.71. The standard InChI is InChI=1S/C17H25F2NO/c1-11(2)13-5-6-14(15(12(3)4)16(13)21)20-9-7-17(18,19)8-10-20/h5-6,11-12,21H,7-10H2,1-4H3. The molecular weight excluding hydrogens is 272 g/mol. The van der Waals surface area contributed by atoms with Crippen LogP contribution in [0.15, 0.2) is 12.1 Å². The molecule has 1 heterocycles. The first kappa shape index (κ1) is 16.1. The van der Waals surface area contributed by atoms with Crippen LogP contribution in [0.25, 0.3) is 0 Å². The van der Waals surface area contributed by atoms with Crippen molar-refractivity contribution in [3.63, 3.8) is 0 Å². The molecule has 1 saturated heterocycles. The monoisotopic (exact) mass is 297 g/mol. The highest BCUT2D eigenvalue weighted by atomic mass is 19.3. The van der Waals surface area contributed by atoms with E-state index < -0.39 is 5.92 Å². The molecule has 2 nitrogen and oxygen atoms in total. The molecule has 1 aliphatic heterocycles. The quantitative estimate of drug-likeness (QED) is 0.860. The van der Waals surface area contributed by atoms with Gasteiger partial charge in [-0.2, -0.15) is 0 Å². The number of piperidine rings is 1. The van der Waals surface area contributed by atoms with Crippen LogP contribution < -0.4 is 4.90 Å². The fourth-order valence-corrected chi connectivity index (χ4v) is 3.00. The van der Waals surface area contributed by atoms with Crippen LogP contribution in [-0.4, -0.2) is 24.1 Å². The zero-order chi connectivity index (χ0) is 15.8. The Bertz CT molecular complexity index is 502. The highest BCUT2D eigenvalue weighted by Crippen LogP contribution is 2.41. The van der Waals surface area contributed by atoms with E-state index in [9.17, 15) is 13.9 Å². The minimum atomic E-state index is -2.55. The molecule has 1 aromatic carbocycles. The number of halogens is 2. The number of phenols is 1. The van der Waals surface area contributed by atoms with Crippen molar-refractivity contribution in [3.05, 3.63) is 23.3 Å². The molecule has 1 aliphatic rings. The molecule has 0 radical (unpaired) electrons. The van der Waals surface area contributed by atoms with Gasteiger partial charge in [0.15, 0.2) is 0 Å². The van der Waals surface area contributed by atoms with Gasteiger partial charge in [0.05, 0.1) is 0 Å². The topological polar surface area (TPSA) is 23.5 Å². The summed E-state index contributed by atoms with van der Waals surface area (Å²) in [5, 5.41) is 10.6. The Morgan fingerprint density at radius 2 is 1.62 bits per heavy atom. The van der Waals surface area contributed by atoms with Crippen LogP contribution in [-0.2, 0) is 0 Å². The van der Waals surface area contributed by atoms with Gasteiger partial charge in [-0.25, -0.2) is 8.78 Å². The average Bonchev–Trinajstić information content (AvgIpc) is 2.37. The van der Waals surface area contributed by atoms with E-state index in [0.29, 0.717) is 18.8 Å². The van der Waals surface area contributed by atoms with Gasteiger partial charge >= 0.3 is 0 Å². The summed E-state index contributed by atoms with van der Waals surface area (Å²) >= 11 is 0. The third-order valence-electron chi connectivity index (χ3n) is 4.26. The molecule has 0 saturated carbocycles. The molecule has 0 aromatic heterocycles. The van der Waals surface area contributed by atoms with Crippen LogP contribution in [0.1, 0.15) is 63.5 Å². The zero-order valence-corrected chi connectivity index (χ0v) is 13.3. The molecule has 21 heavy (non-hydrogen) atoms. The summed E-state index contributed by atoms with van der Waals surface area (Å²) in [6.07, 6.45) is -0.228. The van der Waals surface area contributed by atoms with Gasteiger partial charge in [0, 0.05) is 37.2 Å². The van der Waals surface area contributed by atoms with E-state index in [1.807, 2.05) is 44.7 Å². The van der Waals surface area contributed by atoms with Crippen molar-refractivity contribution in [2.75, 3.05) is 18.0 Å². The van der Waals surface area contributed by atoms with Gasteiger partial charge in [-0.1, -0.05) is 33.8 Å². The lowest BCUT2D eigenvalue weighted by atomic mass is 9.91. The SMILES string of the molecule is CC(C)c1ccc(N2CCC(F)(F)CC2)c(C(C)C)c1O. The minimum Gasteiger partial charge on any atom is -0.507 e. The Morgan fingerprint density at radius 1 is 1.05 bits per heavy atom. The molecule has 0 aliphatic carbocycles. The number of alkyl halides is 2. The molecule has 1 N–H and O–H groups in total. The Morgan fingerprint density at radius 3 is 2.10 bits per heavy atom. The molecule has 0 atom stereocenters. The van der Waals surface area contributed by atoms with E-state index in [1.54, 1.807) is 0 Å². The summed E-state index contributed by atoms with van der Waals surface area (Å²) in [5.74, 6) is -1.83. The summed E-state index contributed by atoms with van der Waals surface area (Å²) in [6.45, 7) is 8.82. The molecule has 1 fully saturated rings. The second kappa shape index (κ2) is 5.82. The van der Waals surface area contributed by atoms with Crippen LogP contribution in [0.5, 0.6) is 5.75 Å². The molecule has 4 heteroatoms. The Labute approximate surface area is 125 Å². The molecule has 1 aromatic rings. The van der Waals surface area contributed by atoms with E-state index in [1.165, 1.54) is 0 Å². The van der Waals surface area contributed by atoms with Gasteiger partial charge in [-0.05, 0) is 23.5 Å². The van der Waals surface area contributed by atoms with Gasteiger partial charge < -0.3 is 10.0 Å². The van der Waals surface area contributed by atoms with Crippen molar-refractivity contribution in [1.82, 2.24) is 0 Å². The van der Waals surface area contributed by atoms with Gasteiger partial charge in [0.2, 0.25) is 0 Å². The normalized spacial score (nSPS) is 18.6. The largest absolute Gasteiger partial charge is 0.507 e. The maximum atomic E-state index is 13.3. The average molecular weight is 297 g/mol. The Balaban J connectivity index is 2.38. The lowest BCUT2D eigenvalue weighted by molar-refractivity contribution is -0.0220. The van der Waals surface area contributed by atoms with E-state index in [-0.39, 0.29) is 24.7 Å². The number of aromatic hydroxyl groups is 1. The first-order valence-corrected chi connectivity index (χ1v) is 7.71. The fourth-order valence-electron chi connectivity index (χ4n) is 3.00. The van der Waals surface area contributed by atoms with Crippen molar-refractivity contribution in [3.8, 4) is 5.75 Å². The maximum Gasteiger partial charge on any atom is 0.251 e. The number of phenolic OH excluding ortho intramolecular Hbond substituents is 1. The van der Waals surface area contributed by atoms with Crippen molar-refractivity contribution in [2.45, 2.75) is 58.3 Å². The van der Waals surface area contributed by atoms with Crippen molar-refractivity contribution in [1.29, 1.82) is 0 Å². The van der Waals surface area contributed by atoms with E-state index >= 15 is 0 Å². The highest BCUT2D eigenvalue weighted by Gasteiger charge is 2.35. The predicted octanol–water partition coefficient (Wildman–Crippen LogP) is 4.87. The summed E-state index contributed by atoms with van der Waals surface area (Å²) in [6, 6.07) is 3.90. The third kappa shape index (κ3) is 3.30. The molecule has 2 rings (SSSR count). The van der Waals surface area contributed by atoms with Crippen LogP contribution in [0, 0.1) is 0 Å². The van der Waals surface area contributed by atoms with E-state index in [4.69, 9.17) is 0 Å². The van der Waals surface area contributed by atoms with Crippen molar-refractivity contribution < 1.29 is 13.9 Å². The zero-order valence-electron chi connectivity index (χ0n) is 13.3. The second-order valence-corrected chi connectivity index (χ2v) is 6.59. The highest BCUT2D eigenvalue weighted by molar-refractivity contribution is 5.63. The molecule has 0 bridgehead atoms. The lowest BCUT2D eigenvalue weighted by Gasteiger charge is -2.35. The molecule has 0 amide bonds. The van der Waals surface area contributed by atoms with Crippen LogP contribution in [0.2, 0.25) is 0 Å². The first-order valence-electron chi connectivity index (χ1n) is 7.71. The Kier molecular flexibility index (Phi) is 4.45. The van der Waals surface area contributed by atoms with E-state index in [0.717, 1.165) is 16.8 Å². The van der Waals surface area contributed by atoms with Crippen LogP contribution in [0.4, 0.5) is 14.5 Å². The summed E-state index contributed by atoms with van der Waals surface area (Å²) in [4.78, 5) is 1.98. The number of hydrogen-bond acceptors (Lipinski definition) is 2. The number of rotatable bonds is 3. The van der Waals surface area contributed by atoms with E-state index in [2.05, 4.69) is 0 Å². The third-order valence-corrected chi connectivity index (χ3v) is 4.26. The van der Waals surface area contributed by atoms with Crippen molar-refractivity contribution >= 4 is 5.69 Å². The molecule has 118 valence electrons. The van der Waals surface area contributed by atoms with Gasteiger partial charge in [0.1, 0.15) is 5.75 Å².